The van der Waals surface area contributed by atoms with E-state index in [4.69, 9.17) is 0 Å². The number of amides is 1. The summed E-state index contributed by atoms with van der Waals surface area (Å²) >= 11 is 0. The zero-order valence-electron chi connectivity index (χ0n) is 19.0. The van der Waals surface area contributed by atoms with Crippen molar-refractivity contribution >= 4 is 15.7 Å². The highest BCUT2D eigenvalue weighted by Crippen LogP contribution is 2.28. The topological polar surface area (TPSA) is 88.4 Å². The van der Waals surface area contributed by atoms with Crippen LogP contribution in [0.1, 0.15) is 50.7 Å². The third-order valence-corrected chi connectivity index (χ3v) is 8.45. The van der Waals surface area contributed by atoms with Gasteiger partial charge in [0.15, 0.2) is 9.84 Å². The van der Waals surface area contributed by atoms with Crippen LogP contribution in [-0.4, -0.2) is 76.9 Å². The molecule has 0 unspecified atom stereocenters. The van der Waals surface area contributed by atoms with Crippen molar-refractivity contribution in [1.82, 2.24) is 24.6 Å². The van der Waals surface area contributed by atoms with Gasteiger partial charge >= 0.3 is 0 Å². The van der Waals surface area contributed by atoms with Crippen molar-refractivity contribution in [2.75, 3.05) is 31.9 Å². The fraction of sp³-hybridized carbons (Fsp3) is 0.609. The molecular formula is C23H33N5O3S. The van der Waals surface area contributed by atoms with E-state index in [2.05, 4.69) is 33.5 Å². The number of fused-ring (bicyclic) bond motifs is 1. The molecule has 1 fully saturated rings. The van der Waals surface area contributed by atoms with Crippen LogP contribution in [0.4, 0.5) is 0 Å². The molecule has 3 heterocycles. The van der Waals surface area contributed by atoms with E-state index >= 15 is 0 Å². The largest absolute Gasteiger partial charge is 0.343 e. The molecule has 4 rings (SSSR count). The van der Waals surface area contributed by atoms with Crippen LogP contribution in [0.15, 0.2) is 35.2 Å². The minimum atomic E-state index is -3.44. The summed E-state index contributed by atoms with van der Waals surface area (Å²) in [4.78, 5) is 17.2. The highest BCUT2D eigenvalue weighted by molar-refractivity contribution is 7.91. The molecule has 1 aromatic carbocycles. The molecule has 0 atom stereocenters. The Hall–Kier alpha value is -2.26. The summed E-state index contributed by atoms with van der Waals surface area (Å²) in [6, 6.07) is 8.86. The second kappa shape index (κ2) is 9.70. The Morgan fingerprint density at radius 3 is 2.44 bits per heavy atom. The highest BCUT2D eigenvalue weighted by Gasteiger charge is 2.30. The number of piperidine rings is 1. The number of carbonyl (C=O) groups is 1. The first-order valence-electron chi connectivity index (χ1n) is 11.6. The first-order valence-corrected chi connectivity index (χ1v) is 13.2. The number of rotatable bonds is 6. The molecule has 0 aliphatic carbocycles. The van der Waals surface area contributed by atoms with E-state index in [0.717, 1.165) is 50.5 Å². The molecule has 0 bridgehead atoms. The molecule has 2 aromatic rings. The molecule has 2 aliphatic rings. The van der Waals surface area contributed by atoms with E-state index in [-0.39, 0.29) is 23.0 Å². The lowest BCUT2D eigenvalue weighted by Gasteiger charge is -2.32. The number of hydrogen-bond acceptors (Lipinski definition) is 6. The van der Waals surface area contributed by atoms with E-state index in [1.807, 2.05) is 0 Å². The number of sulfone groups is 1. The number of carbonyl (C=O) groups excluding carboxylic acids is 1. The molecule has 0 spiro atoms. The van der Waals surface area contributed by atoms with Crippen molar-refractivity contribution in [3.8, 4) is 0 Å². The highest BCUT2D eigenvalue weighted by atomic mass is 32.2. The average Bonchev–Trinajstić information content (AvgIpc) is 3.08. The Morgan fingerprint density at radius 1 is 1.03 bits per heavy atom. The first kappa shape index (κ1) is 22.9. The van der Waals surface area contributed by atoms with Crippen molar-refractivity contribution in [1.29, 1.82) is 0 Å². The molecule has 174 valence electrons. The van der Waals surface area contributed by atoms with Crippen LogP contribution in [-0.2, 0) is 27.6 Å². The number of nitrogens with zero attached hydrogens (tertiary/aromatic N) is 5. The van der Waals surface area contributed by atoms with Gasteiger partial charge in [0, 0.05) is 57.5 Å². The van der Waals surface area contributed by atoms with Crippen LogP contribution < -0.4 is 0 Å². The standard InChI is InChI=1S/C23H33N5O3S/c1-18(2)26-14-10-21-24-25-23(28(21)16-15-26)19-8-12-27(13-9-19)22(29)11-17-32(30,31)20-6-4-3-5-7-20/h3-7,18-19H,8-17H2,1-2H3. The van der Waals surface area contributed by atoms with E-state index in [9.17, 15) is 13.2 Å². The van der Waals surface area contributed by atoms with Crippen molar-refractivity contribution in [3.63, 3.8) is 0 Å². The van der Waals surface area contributed by atoms with Gasteiger partial charge in [0.1, 0.15) is 11.6 Å². The van der Waals surface area contributed by atoms with Gasteiger partial charge in [-0.1, -0.05) is 18.2 Å². The Morgan fingerprint density at radius 2 is 1.75 bits per heavy atom. The summed E-state index contributed by atoms with van der Waals surface area (Å²) in [5.41, 5.74) is 0. The van der Waals surface area contributed by atoms with Gasteiger partial charge in [-0.25, -0.2) is 8.42 Å². The average molecular weight is 460 g/mol. The van der Waals surface area contributed by atoms with E-state index < -0.39 is 9.84 Å². The van der Waals surface area contributed by atoms with Gasteiger partial charge in [-0.15, -0.1) is 10.2 Å². The summed E-state index contributed by atoms with van der Waals surface area (Å²) in [6.45, 7) is 8.64. The maximum atomic E-state index is 12.7. The van der Waals surface area contributed by atoms with Gasteiger partial charge in [-0.05, 0) is 38.8 Å². The number of benzene rings is 1. The fourth-order valence-corrected chi connectivity index (χ4v) is 5.94. The van der Waals surface area contributed by atoms with Crippen LogP contribution >= 0.6 is 0 Å². The molecule has 0 N–H and O–H groups in total. The fourth-order valence-electron chi connectivity index (χ4n) is 4.69. The van der Waals surface area contributed by atoms with E-state index in [1.54, 1.807) is 35.2 Å². The first-order chi connectivity index (χ1) is 15.3. The van der Waals surface area contributed by atoms with Crippen molar-refractivity contribution in [2.24, 2.45) is 0 Å². The number of likely N-dealkylation sites (tertiary alicyclic amines) is 1. The van der Waals surface area contributed by atoms with Crippen LogP contribution in [0.3, 0.4) is 0 Å². The van der Waals surface area contributed by atoms with Gasteiger partial charge < -0.3 is 9.47 Å². The summed E-state index contributed by atoms with van der Waals surface area (Å²) in [6.07, 6.45) is 2.61. The Bertz CT molecular complexity index is 1030. The molecule has 9 heteroatoms. The summed E-state index contributed by atoms with van der Waals surface area (Å²) in [5.74, 6) is 2.16. The lowest BCUT2D eigenvalue weighted by molar-refractivity contribution is -0.131. The summed E-state index contributed by atoms with van der Waals surface area (Å²) in [5, 5.41) is 8.98. The van der Waals surface area contributed by atoms with Crippen LogP contribution in [0.25, 0.3) is 0 Å². The maximum absolute atomic E-state index is 12.7. The van der Waals surface area contributed by atoms with Gasteiger partial charge in [-0.2, -0.15) is 0 Å². The lowest BCUT2D eigenvalue weighted by atomic mass is 9.95. The minimum absolute atomic E-state index is 0.0211. The van der Waals surface area contributed by atoms with Crippen molar-refractivity contribution in [2.45, 2.75) is 62.9 Å². The third kappa shape index (κ3) is 5.04. The summed E-state index contributed by atoms with van der Waals surface area (Å²) < 4.78 is 27.2. The SMILES string of the molecule is CC(C)N1CCc2nnc(C3CCN(C(=O)CCS(=O)(=O)c4ccccc4)CC3)n2CC1. The number of aromatic nitrogens is 3. The predicted molar refractivity (Wildman–Crippen MR) is 122 cm³/mol. The molecular weight excluding hydrogens is 426 g/mol. The smallest absolute Gasteiger partial charge is 0.223 e. The quantitative estimate of drug-likeness (QED) is 0.658. The Kier molecular flexibility index (Phi) is 6.95. The molecule has 0 radical (unpaired) electrons. The van der Waals surface area contributed by atoms with E-state index in [1.165, 1.54) is 0 Å². The third-order valence-electron chi connectivity index (χ3n) is 6.72. The zero-order chi connectivity index (χ0) is 22.7. The molecule has 1 amide bonds. The molecule has 0 saturated carbocycles. The molecule has 2 aliphatic heterocycles. The molecule has 8 nitrogen and oxygen atoms in total. The Labute approximate surface area is 190 Å². The van der Waals surface area contributed by atoms with Gasteiger partial charge in [0.25, 0.3) is 0 Å². The van der Waals surface area contributed by atoms with Gasteiger partial charge in [-0.3, -0.25) is 9.69 Å². The summed E-state index contributed by atoms with van der Waals surface area (Å²) in [7, 11) is -3.44. The van der Waals surface area contributed by atoms with E-state index in [0.29, 0.717) is 25.0 Å². The predicted octanol–water partition coefficient (Wildman–Crippen LogP) is 2.11. The second-order valence-electron chi connectivity index (χ2n) is 9.04. The zero-order valence-corrected chi connectivity index (χ0v) is 19.8. The van der Waals surface area contributed by atoms with Crippen molar-refractivity contribution in [3.05, 3.63) is 42.0 Å². The van der Waals surface area contributed by atoms with Gasteiger partial charge in [0.2, 0.25) is 5.91 Å². The molecule has 1 saturated heterocycles. The van der Waals surface area contributed by atoms with Crippen molar-refractivity contribution < 1.29 is 13.2 Å². The van der Waals surface area contributed by atoms with Crippen LogP contribution in [0.5, 0.6) is 0 Å². The molecule has 1 aromatic heterocycles. The van der Waals surface area contributed by atoms with Crippen LogP contribution in [0.2, 0.25) is 0 Å². The Balaban J connectivity index is 1.31. The monoisotopic (exact) mass is 459 g/mol. The normalized spacial score (nSPS) is 18.5. The van der Waals surface area contributed by atoms with Gasteiger partial charge in [0.05, 0.1) is 10.6 Å². The second-order valence-corrected chi connectivity index (χ2v) is 11.2. The number of hydrogen-bond donors (Lipinski definition) is 0. The molecule has 32 heavy (non-hydrogen) atoms. The minimum Gasteiger partial charge on any atom is -0.343 e. The maximum Gasteiger partial charge on any atom is 0.223 e. The lowest BCUT2D eigenvalue weighted by Crippen LogP contribution is -2.39. The van der Waals surface area contributed by atoms with Crippen LogP contribution in [0, 0.1) is 0 Å².